The number of nitrogens with zero attached hydrogens (tertiary/aromatic N) is 2. The number of aromatic amines is 1. The fraction of sp³-hybridized carbons (Fsp3) is 0.200. The van der Waals surface area contributed by atoms with Crippen molar-refractivity contribution in [3.05, 3.63) is 46.9 Å². The molecule has 0 aliphatic heterocycles. The van der Waals surface area contributed by atoms with Crippen molar-refractivity contribution in [1.82, 2.24) is 15.2 Å². The number of halogens is 1. The molecule has 0 saturated carbocycles. The molecular formula is C15H15ClN4O3S. The monoisotopic (exact) mass is 366 g/mol. The van der Waals surface area contributed by atoms with Gasteiger partial charge in [0, 0.05) is 17.6 Å². The van der Waals surface area contributed by atoms with Crippen molar-refractivity contribution in [2.45, 2.75) is 25.2 Å². The van der Waals surface area contributed by atoms with Gasteiger partial charge in [-0.25, -0.2) is 8.42 Å². The van der Waals surface area contributed by atoms with E-state index < -0.39 is 10.0 Å². The lowest BCUT2D eigenvalue weighted by molar-refractivity contribution is 0.511. The van der Waals surface area contributed by atoms with Crippen molar-refractivity contribution < 1.29 is 12.8 Å². The van der Waals surface area contributed by atoms with E-state index in [2.05, 4.69) is 19.9 Å². The minimum absolute atomic E-state index is 0.0631. The molecule has 1 aromatic carbocycles. The van der Waals surface area contributed by atoms with Crippen LogP contribution in [0.4, 0.5) is 5.69 Å². The normalized spacial score (nSPS) is 11.6. The molecule has 0 unspecified atom stereocenters. The molecule has 9 heteroatoms. The van der Waals surface area contributed by atoms with Crippen molar-refractivity contribution in [3.63, 3.8) is 0 Å². The molecular weight excluding hydrogens is 352 g/mol. The van der Waals surface area contributed by atoms with Crippen LogP contribution in [-0.4, -0.2) is 23.6 Å². The highest BCUT2D eigenvalue weighted by molar-refractivity contribution is 7.92. The van der Waals surface area contributed by atoms with Crippen molar-refractivity contribution in [3.8, 4) is 11.6 Å². The number of rotatable bonds is 5. The van der Waals surface area contributed by atoms with Gasteiger partial charge in [0.15, 0.2) is 0 Å². The number of H-pyrrole nitrogens is 1. The van der Waals surface area contributed by atoms with Gasteiger partial charge in [0.2, 0.25) is 5.89 Å². The summed E-state index contributed by atoms with van der Waals surface area (Å²) in [4.78, 5) is 2.90. The first-order chi connectivity index (χ1) is 11.4. The summed E-state index contributed by atoms with van der Waals surface area (Å²) in [7, 11) is -3.77. The summed E-state index contributed by atoms with van der Waals surface area (Å²) in [5.74, 6) is 0.726. The zero-order chi connectivity index (χ0) is 17.3. The number of hydrogen-bond donors (Lipinski definition) is 2. The molecule has 24 heavy (non-hydrogen) atoms. The highest BCUT2D eigenvalue weighted by atomic mass is 35.5. The van der Waals surface area contributed by atoms with Gasteiger partial charge in [-0.2, -0.15) is 0 Å². The van der Waals surface area contributed by atoms with Gasteiger partial charge in [-0.05, 0) is 30.7 Å². The van der Waals surface area contributed by atoms with E-state index in [1.54, 1.807) is 25.1 Å². The second-order valence-corrected chi connectivity index (χ2v) is 7.29. The van der Waals surface area contributed by atoms with Crippen LogP contribution in [0.1, 0.15) is 18.4 Å². The van der Waals surface area contributed by atoms with Crippen LogP contribution < -0.4 is 4.72 Å². The molecule has 3 rings (SSSR count). The topological polar surface area (TPSA) is 101 Å². The molecule has 0 saturated heterocycles. The first-order valence-electron chi connectivity index (χ1n) is 7.19. The minimum atomic E-state index is -3.77. The molecule has 0 aliphatic carbocycles. The van der Waals surface area contributed by atoms with E-state index >= 15 is 0 Å². The Morgan fingerprint density at radius 3 is 2.79 bits per heavy atom. The minimum Gasteiger partial charge on any atom is -0.419 e. The molecule has 2 heterocycles. The average Bonchev–Trinajstić information content (AvgIpc) is 3.19. The average molecular weight is 367 g/mol. The molecule has 0 aliphatic rings. The van der Waals surface area contributed by atoms with Crippen LogP contribution in [0.2, 0.25) is 5.02 Å². The van der Waals surface area contributed by atoms with Crippen LogP contribution in [-0.2, 0) is 16.4 Å². The van der Waals surface area contributed by atoms with Crippen molar-refractivity contribution in [2.75, 3.05) is 4.72 Å². The Labute approximate surface area is 144 Å². The van der Waals surface area contributed by atoms with Gasteiger partial charge in [-0.1, -0.05) is 24.6 Å². The molecule has 0 radical (unpaired) electrons. The number of sulfonamides is 1. The molecule has 126 valence electrons. The Morgan fingerprint density at radius 1 is 1.29 bits per heavy atom. The van der Waals surface area contributed by atoms with Gasteiger partial charge in [0.1, 0.15) is 10.6 Å². The summed E-state index contributed by atoms with van der Waals surface area (Å²) in [6, 6.07) is 6.44. The molecule has 2 N–H and O–H groups in total. The zero-order valence-corrected chi connectivity index (χ0v) is 14.6. The van der Waals surface area contributed by atoms with Gasteiger partial charge in [0.25, 0.3) is 15.9 Å². The number of anilines is 1. The summed E-state index contributed by atoms with van der Waals surface area (Å²) in [6.45, 7) is 3.68. The number of aromatic nitrogens is 3. The summed E-state index contributed by atoms with van der Waals surface area (Å²) < 4.78 is 33.0. The Balaban J connectivity index is 1.89. The smallest absolute Gasteiger partial charge is 0.264 e. The van der Waals surface area contributed by atoms with Crippen LogP contribution in [0.3, 0.4) is 0 Å². The highest BCUT2D eigenvalue weighted by Crippen LogP contribution is 2.25. The van der Waals surface area contributed by atoms with E-state index in [1.165, 1.54) is 12.3 Å². The lowest BCUT2D eigenvalue weighted by atomic mass is 10.2. The van der Waals surface area contributed by atoms with Crippen LogP contribution in [0.5, 0.6) is 0 Å². The van der Waals surface area contributed by atoms with E-state index in [1.807, 2.05) is 6.92 Å². The zero-order valence-electron chi connectivity index (χ0n) is 13.0. The lowest BCUT2D eigenvalue weighted by Crippen LogP contribution is -2.13. The predicted octanol–water partition coefficient (Wildman–Crippen LogP) is 3.39. The SMILES string of the molecule is CCc1nnc(-c2cc(S(=O)(=O)Nc3cc(Cl)ccc3C)c[nH]2)o1. The van der Waals surface area contributed by atoms with Gasteiger partial charge in [0.05, 0.1) is 5.69 Å². The maximum absolute atomic E-state index is 12.5. The predicted molar refractivity (Wildman–Crippen MR) is 90.5 cm³/mol. The van der Waals surface area contributed by atoms with Crippen molar-refractivity contribution >= 4 is 27.3 Å². The standard InChI is InChI=1S/C15H15ClN4O3S/c1-3-14-18-19-15(23-14)13-7-11(8-17-13)24(21,22)20-12-6-10(16)5-4-9(12)2/h4-8,17,20H,3H2,1-2H3. The molecule has 0 amide bonds. The van der Waals surface area contributed by atoms with Crippen LogP contribution in [0.25, 0.3) is 11.6 Å². The Morgan fingerprint density at radius 2 is 2.08 bits per heavy atom. The summed E-state index contributed by atoms with van der Waals surface area (Å²) >= 11 is 5.92. The van der Waals surface area contributed by atoms with Crippen LogP contribution in [0.15, 0.2) is 39.8 Å². The van der Waals surface area contributed by atoms with Crippen LogP contribution >= 0.6 is 11.6 Å². The maximum atomic E-state index is 12.5. The van der Waals surface area contributed by atoms with Gasteiger partial charge < -0.3 is 9.40 Å². The Hall–Kier alpha value is -2.32. The fourth-order valence-corrected chi connectivity index (χ4v) is 3.35. The molecule has 7 nitrogen and oxygen atoms in total. The second kappa shape index (κ2) is 6.29. The number of benzene rings is 1. The number of hydrogen-bond acceptors (Lipinski definition) is 5. The molecule has 0 bridgehead atoms. The summed E-state index contributed by atoms with van der Waals surface area (Å²) in [6.07, 6.45) is 1.97. The largest absolute Gasteiger partial charge is 0.419 e. The summed E-state index contributed by atoms with van der Waals surface area (Å²) in [5, 5.41) is 8.19. The van der Waals surface area contributed by atoms with E-state index in [-0.39, 0.29) is 10.8 Å². The third-order valence-corrected chi connectivity index (χ3v) is 4.99. The summed E-state index contributed by atoms with van der Waals surface area (Å²) in [5.41, 5.74) is 1.63. The second-order valence-electron chi connectivity index (χ2n) is 5.17. The first kappa shape index (κ1) is 16.5. The third kappa shape index (κ3) is 3.29. The Bertz CT molecular complexity index is 978. The molecule has 0 spiro atoms. The van der Waals surface area contributed by atoms with E-state index in [4.69, 9.17) is 16.0 Å². The first-order valence-corrected chi connectivity index (χ1v) is 9.05. The molecule has 3 aromatic rings. The van der Waals surface area contributed by atoms with Crippen molar-refractivity contribution in [1.29, 1.82) is 0 Å². The molecule has 0 fully saturated rings. The lowest BCUT2D eigenvalue weighted by Gasteiger charge is -2.09. The molecule has 2 aromatic heterocycles. The quantitative estimate of drug-likeness (QED) is 0.720. The van der Waals surface area contributed by atoms with E-state index in [9.17, 15) is 8.42 Å². The maximum Gasteiger partial charge on any atom is 0.264 e. The van der Waals surface area contributed by atoms with Gasteiger partial charge in [-0.3, -0.25) is 4.72 Å². The van der Waals surface area contributed by atoms with Gasteiger partial charge >= 0.3 is 0 Å². The molecule has 0 atom stereocenters. The van der Waals surface area contributed by atoms with E-state index in [0.29, 0.717) is 28.7 Å². The third-order valence-electron chi connectivity index (χ3n) is 3.41. The highest BCUT2D eigenvalue weighted by Gasteiger charge is 2.19. The van der Waals surface area contributed by atoms with Gasteiger partial charge in [-0.15, -0.1) is 10.2 Å². The number of nitrogens with one attached hydrogen (secondary N) is 2. The van der Waals surface area contributed by atoms with Crippen molar-refractivity contribution in [2.24, 2.45) is 0 Å². The fourth-order valence-electron chi connectivity index (χ4n) is 2.07. The Kier molecular flexibility index (Phi) is 4.33. The number of aryl methyl sites for hydroxylation is 2. The van der Waals surface area contributed by atoms with Crippen LogP contribution in [0, 0.1) is 6.92 Å². The van der Waals surface area contributed by atoms with E-state index in [0.717, 1.165) is 5.56 Å².